The summed E-state index contributed by atoms with van der Waals surface area (Å²) in [6.07, 6.45) is 3.24. The lowest BCUT2D eigenvalue weighted by molar-refractivity contribution is -0.118. The first-order valence-electron chi connectivity index (χ1n) is 7.42. The van der Waals surface area contributed by atoms with E-state index in [9.17, 15) is 13.2 Å². The van der Waals surface area contributed by atoms with E-state index < -0.39 is 10.0 Å². The molecule has 6 nitrogen and oxygen atoms in total. The van der Waals surface area contributed by atoms with Gasteiger partial charge in [-0.05, 0) is 29.8 Å². The molecule has 1 aromatic carbocycles. The molecule has 0 spiro atoms. The Hall–Kier alpha value is -1.90. The van der Waals surface area contributed by atoms with Crippen molar-refractivity contribution in [2.45, 2.75) is 23.3 Å². The highest BCUT2D eigenvalue weighted by Gasteiger charge is 2.22. The van der Waals surface area contributed by atoms with E-state index in [1.54, 1.807) is 48.4 Å². The summed E-state index contributed by atoms with van der Waals surface area (Å²) in [5.41, 5.74) is 1.31. The summed E-state index contributed by atoms with van der Waals surface area (Å²) in [5.74, 6) is 0.453. The number of nitrogens with zero attached hydrogens (tertiary/aromatic N) is 1. The Morgan fingerprint density at radius 2 is 2.21 bits per heavy atom. The van der Waals surface area contributed by atoms with Crippen LogP contribution in [0.2, 0.25) is 0 Å². The summed E-state index contributed by atoms with van der Waals surface area (Å²) in [6.45, 7) is 2.01. The number of amides is 1. The third-order valence-corrected chi connectivity index (χ3v) is 6.38. The highest BCUT2D eigenvalue weighted by molar-refractivity contribution is 7.99. The van der Waals surface area contributed by atoms with E-state index in [2.05, 4.69) is 15.0 Å². The molecule has 1 amide bonds. The van der Waals surface area contributed by atoms with Crippen LogP contribution in [-0.2, 0) is 21.4 Å². The lowest BCUT2D eigenvalue weighted by Gasteiger charge is -2.11. The molecule has 126 valence electrons. The molecular formula is C16H17N3O3S2. The van der Waals surface area contributed by atoms with E-state index in [4.69, 9.17) is 0 Å². The van der Waals surface area contributed by atoms with Gasteiger partial charge in [0.25, 0.3) is 0 Å². The Labute approximate surface area is 145 Å². The molecule has 0 radical (unpaired) electrons. The van der Waals surface area contributed by atoms with Crippen LogP contribution in [0.15, 0.2) is 52.5 Å². The molecule has 0 fully saturated rings. The minimum atomic E-state index is -3.67. The summed E-state index contributed by atoms with van der Waals surface area (Å²) in [5, 5.41) is 2.80. The molecule has 1 aliphatic rings. The average molecular weight is 363 g/mol. The van der Waals surface area contributed by atoms with Crippen LogP contribution in [0.1, 0.15) is 12.5 Å². The minimum Gasteiger partial charge on any atom is -0.325 e. The van der Waals surface area contributed by atoms with E-state index in [1.165, 1.54) is 6.07 Å². The molecule has 8 heteroatoms. The number of pyridine rings is 1. The molecule has 0 bridgehead atoms. The molecule has 2 N–H and O–H groups in total. The third kappa shape index (κ3) is 3.77. The lowest BCUT2D eigenvalue weighted by Crippen LogP contribution is -2.24. The maximum absolute atomic E-state index is 12.5. The fourth-order valence-electron chi connectivity index (χ4n) is 2.21. The smallest absolute Gasteiger partial charge is 0.240 e. The predicted molar refractivity (Wildman–Crippen MR) is 93.2 cm³/mol. The van der Waals surface area contributed by atoms with Crippen LogP contribution < -0.4 is 10.0 Å². The van der Waals surface area contributed by atoms with Gasteiger partial charge in [0, 0.05) is 35.5 Å². The van der Waals surface area contributed by atoms with Gasteiger partial charge in [-0.3, -0.25) is 9.78 Å². The summed E-state index contributed by atoms with van der Waals surface area (Å²) in [6, 6.07) is 8.34. The SMILES string of the molecule is C[C@H]1CSc2ccc(S(=O)(=O)NCc3cccnc3)cc2NC1=O. The van der Waals surface area contributed by atoms with E-state index >= 15 is 0 Å². The fraction of sp³-hybridized carbons (Fsp3) is 0.250. The molecule has 1 aromatic heterocycles. The zero-order valence-electron chi connectivity index (χ0n) is 13.0. The Balaban J connectivity index is 1.81. The molecule has 24 heavy (non-hydrogen) atoms. The Morgan fingerprint density at radius 3 is 2.96 bits per heavy atom. The number of fused-ring (bicyclic) bond motifs is 1. The van der Waals surface area contributed by atoms with Crippen molar-refractivity contribution in [1.82, 2.24) is 9.71 Å². The maximum atomic E-state index is 12.5. The second-order valence-corrected chi connectivity index (χ2v) is 8.37. The molecule has 1 aliphatic heterocycles. The molecule has 2 heterocycles. The van der Waals surface area contributed by atoms with Gasteiger partial charge in [-0.25, -0.2) is 13.1 Å². The summed E-state index contributed by atoms with van der Waals surface area (Å²) < 4.78 is 27.5. The van der Waals surface area contributed by atoms with Crippen LogP contribution in [0.25, 0.3) is 0 Å². The molecule has 0 saturated carbocycles. The van der Waals surface area contributed by atoms with Crippen LogP contribution in [0.4, 0.5) is 5.69 Å². The van der Waals surface area contributed by atoms with Crippen molar-refractivity contribution in [3.05, 3.63) is 48.3 Å². The molecule has 0 saturated heterocycles. The molecule has 2 aromatic rings. The van der Waals surface area contributed by atoms with Crippen molar-refractivity contribution in [3.63, 3.8) is 0 Å². The second kappa shape index (κ2) is 6.92. The van der Waals surface area contributed by atoms with Crippen LogP contribution in [0, 0.1) is 5.92 Å². The second-order valence-electron chi connectivity index (χ2n) is 5.55. The maximum Gasteiger partial charge on any atom is 0.240 e. The molecule has 1 atom stereocenters. The van der Waals surface area contributed by atoms with E-state index in [0.29, 0.717) is 11.4 Å². The first-order valence-corrected chi connectivity index (χ1v) is 9.89. The molecule has 0 unspecified atom stereocenters. The van der Waals surface area contributed by atoms with Crippen molar-refractivity contribution in [1.29, 1.82) is 0 Å². The quantitative estimate of drug-likeness (QED) is 0.870. The first kappa shape index (κ1) is 16.9. The largest absolute Gasteiger partial charge is 0.325 e. The van der Waals surface area contributed by atoms with Crippen molar-refractivity contribution < 1.29 is 13.2 Å². The lowest BCUT2D eigenvalue weighted by atomic mass is 10.2. The number of carbonyl (C=O) groups is 1. The van der Waals surface area contributed by atoms with Gasteiger partial charge in [-0.2, -0.15) is 0 Å². The van der Waals surface area contributed by atoms with Crippen molar-refractivity contribution in [2.24, 2.45) is 5.92 Å². The van der Waals surface area contributed by atoms with Crippen molar-refractivity contribution in [2.75, 3.05) is 11.1 Å². The Morgan fingerprint density at radius 1 is 1.38 bits per heavy atom. The number of hydrogen-bond donors (Lipinski definition) is 2. The first-order chi connectivity index (χ1) is 11.5. The summed E-state index contributed by atoms with van der Waals surface area (Å²) >= 11 is 1.54. The van der Waals surface area contributed by atoms with Crippen LogP contribution in [0.5, 0.6) is 0 Å². The number of benzene rings is 1. The molecular weight excluding hydrogens is 346 g/mol. The standard InChI is InChI=1S/C16H17N3O3S2/c1-11-10-23-15-5-4-13(7-14(15)19-16(11)20)24(21,22)18-9-12-3-2-6-17-8-12/h2-8,11,18H,9-10H2,1H3,(H,19,20)/t11-/m0/s1. The van der Waals surface area contributed by atoms with Gasteiger partial charge in [-0.1, -0.05) is 13.0 Å². The fourth-order valence-corrected chi connectivity index (χ4v) is 4.26. The normalized spacial score (nSPS) is 17.7. The van der Waals surface area contributed by atoms with Crippen LogP contribution in [0.3, 0.4) is 0 Å². The number of anilines is 1. The zero-order chi connectivity index (χ0) is 17.2. The van der Waals surface area contributed by atoms with E-state index in [1.807, 2.05) is 6.92 Å². The minimum absolute atomic E-state index is 0.0980. The summed E-state index contributed by atoms with van der Waals surface area (Å²) in [4.78, 5) is 16.9. The number of hydrogen-bond acceptors (Lipinski definition) is 5. The molecule has 0 aliphatic carbocycles. The highest BCUT2D eigenvalue weighted by atomic mass is 32.2. The van der Waals surface area contributed by atoms with Crippen molar-refractivity contribution in [3.8, 4) is 0 Å². The topological polar surface area (TPSA) is 88.2 Å². The van der Waals surface area contributed by atoms with Crippen LogP contribution in [-0.4, -0.2) is 25.1 Å². The molecule has 3 rings (SSSR count). The Bertz CT molecular complexity index is 854. The number of nitrogens with one attached hydrogen (secondary N) is 2. The number of rotatable bonds is 4. The zero-order valence-corrected chi connectivity index (χ0v) is 14.7. The van der Waals surface area contributed by atoms with Gasteiger partial charge < -0.3 is 5.32 Å². The summed E-state index contributed by atoms with van der Waals surface area (Å²) in [7, 11) is -3.67. The number of thioether (sulfide) groups is 1. The van der Waals surface area contributed by atoms with Crippen molar-refractivity contribution >= 4 is 33.4 Å². The average Bonchev–Trinajstić information content (AvgIpc) is 2.72. The van der Waals surface area contributed by atoms with E-state index in [-0.39, 0.29) is 23.3 Å². The highest BCUT2D eigenvalue weighted by Crippen LogP contribution is 2.34. The van der Waals surface area contributed by atoms with Gasteiger partial charge in [0.05, 0.1) is 10.6 Å². The third-order valence-electron chi connectivity index (χ3n) is 3.64. The van der Waals surface area contributed by atoms with Gasteiger partial charge >= 0.3 is 0 Å². The van der Waals surface area contributed by atoms with Crippen LogP contribution >= 0.6 is 11.8 Å². The van der Waals surface area contributed by atoms with Gasteiger partial charge in [-0.15, -0.1) is 11.8 Å². The number of carbonyl (C=O) groups excluding carboxylic acids is 1. The van der Waals surface area contributed by atoms with Gasteiger partial charge in [0.15, 0.2) is 0 Å². The number of aromatic nitrogens is 1. The van der Waals surface area contributed by atoms with Gasteiger partial charge in [0.2, 0.25) is 15.9 Å². The predicted octanol–water partition coefficient (Wildman–Crippen LogP) is 2.24. The number of sulfonamides is 1. The Kier molecular flexibility index (Phi) is 4.88. The van der Waals surface area contributed by atoms with Gasteiger partial charge in [0.1, 0.15) is 0 Å². The van der Waals surface area contributed by atoms with E-state index in [0.717, 1.165) is 10.5 Å². The monoisotopic (exact) mass is 363 g/mol.